The molecule has 0 amide bonds. The summed E-state index contributed by atoms with van der Waals surface area (Å²) in [6.07, 6.45) is 0.236. The van der Waals surface area contributed by atoms with Crippen molar-refractivity contribution < 1.29 is 14.3 Å². The smallest absolute Gasteiger partial charge is 0.311 e. The molecule has 3 rings (SSSR count). The van der Waals surface area contributed by atoms with Crippen LogP contribution in [0.25, 0.3) is 11.1 Å². The maximum Gasteiger partial charge on any atom is 0.311 e. The van der Waals surface area contributed by atoms with Crippen LogP contribution < -0.4 is 4.74 Å². The van der Waals surface area contributed by atoms with Gasteiger partial charge in [-0.1, -0.05) is 78.9 Å². The summed E-state index contributed by atoms with van der Waals surface area (Å²) in [6.45, 7) is 6.02. The van der Waals surface area contributed by atoms with Crippen LogP contribution in [-0.2, 0) is 9.53 Å². The quantitative estimate of drug-likeness (QED) is 0.416. The fourth-order valence-electron chi connectivity index (χ4n) is 3.35. The molecular weight excluding hydrogens is 360 g/mol. The third-order valence-electron chi connectivity index (χ3n) is 4.94. The topological polar surface area (TPSA) is 35.5 Å². The number of ether oxygens (including phenoxy) is 2. The first-order valence-electron chi connectivity index (χ1n) is 10.0. The molecule has 0 aromatic heterocycles. The number of carbonyl (C=O) groups excluding carboxylic acids is 1. The Hall–Kier alpha value is -3.07. The van der Waals surface area contributed by atoms with E-state index in [9.17, 15) is 4.79 Å². The van der Waals surface area contributed by atoms with E-state index in [1.807, 2.05) is 87.5 Å². The summed E-state index contributed by atoms with van der Waals surface area (Å²) in [6, 6.07) is 28.2. The van der Waals surface area contributed by atoms with Gasteiger partial charge in [0.25, 0.3) is 0 Å². The molecule has 3 nitrogen and oxygen atoms in total. The van der Waals surface area contributed by atoms with Gasteiger partial charge in [0.05, 0.1) is 12.0 Å². The molecule has 3 aromatic carbocycles. The molecular formula is C26H28O3. The number of carbonyl (C=O) groups is 1. The Morgan fingerprint density at radius 3 is 2.10 bits per heavy atom. The number of hydrogen-bond donors (Lipinski definition) is 0. The summed E-state index contributed by atoms with van der Waals surface area (Å²) in [5.74, 6) is 0.591. The van der Waals surface area contributed by atoms with Crippen molar-refractivity contribution in [2.45, 2.75) is 33.3 Å². The molecule has 29 heavy (non-hydrogen) atoms. The lowest BCUT2D eigenvalue weighted by Crippen LogP contribution is -2.30. The zero-order valence-corrected chi connectivity index (χ0v) is 17.3. The first-order chi connectivity index (χ1) is 14.0. The van der Waals surface area contributed by atoms with Crippen molar-refractivity contribution in [3.63, 3.8) is 0 Å². The second-order valence-corrected chi connectivity index (χ2v) is 7.69. The molecule has 0 bridgehead atoms. The van der Waals surface area contributed by atoms with E-state index in [0.29, 0.717) is 13.0 Å². The van der Waals surface area contributed by atoms with Crippen LogP contribution in [0.3, 0.4) is 0 Å². The van der Waals surface area contributed by atoms with Crippen LogP contribution in [0.2, 0.25) is 0 Å². The first-order valence-corrected chi connectivity index (χ1v) is 10.0. The van der Waals surface area contributed by atoms with Crippen LogP contribution in [0.5, 0.6) is 5.75 Å². The molecule has 0 N–H and O–H groups in total. The minimum absolute atomic E-state index is 0.208. The zero-order valence-electron chi connectivity index (χ0n) is 17.3. The van der Waals surface area contributed by atoms with E-state index in [0.717, 1.165) is 22.4 Å². The Bertz CT molecular complexity index is 917. The maximum absolute atomic E-state index is 12.5. The molecule has 150 valence electrons. The largest absolute Gasteiger partial charge is 0.485 e. The van der Waals surface area contributed by atoms with E-state index in [-0.39, 0.29) is 12.1 Å². The van der Waals surface area contributed by atoms with Crippen LogP contribution in [0.4, 0.5) is 0 Å². The van der Waals surface area contributed by atoms with Gasteiger partial charge in [-0.05, 0) is 38.0 Å². The fourth-order valence-corrected chi connectivity index (χ4v) is 3.35. The lowest BCUT2D eigenvalue weighted by molar-refractivity contribution is -0.155. The van der Waals surface area contributed by atoms with E-state index < -0.39 is 5.41 Å². The average molecular weight is 389 g/mol. The first kappa shape index (κ1) is 20.7. The second kappa shape index (κ2) is 9.42. The molecule has 0 fully saturated rings. The van der Waals surface area contributed by atoms with Gasteiger partial charge in [0.1, 0.15) is 11.9 Å². The van der Waals surface area contributed by atoms with Crippen LogP contribution in [0.15, 0.2) is 84.9 Å². The summed E-state index contributed by atoms with van der Waals surface area (Å²) in [4.78, 5) is 12.5. The Kier molecular flexibility index (Phi) is 6.71. The van der Waals surface area contributed by atoms with E-state index in [2.05, 4.69) is 18.2 Å². The SMILES string of the molecule is CCOC(=O)C(C)(C)CC(Oc1ccccc1-c1ccccc1)c1ccccc1. The molecule has 0 spiro atoms. The number of benzene rings is 3. The maximum atomic E-state index is 12.5. The van der Waals surface area contributed by atoms with Gasteiger partial charge in [-0.15, -0.1) is 0 Å². The van der Waals surface area contributed by atoms with Crippen molar-refractivity contribution in [1.29, 1.82) is 0 Å². The van der Waals surface area contributed by atoms with Gasteiger partial charge in [-0.3, -0.25) is 4.79 Å². The zero-order chi connectivity index (χ0) is 20.7. The van der Waals surface area contributed by atoms with Crippen LogP contribution in [0.1, 0.15) is 38.9 Å². The molecule has 1 atom stereocenters. The van der Waals surface area contributed by atoms with Crippen LogP contribution in [-0.4, -0.2) is 12.6 Å². The number of esters is 1. The summed E-state index contributed by atoms with van der Waals surface area (Å²) < 4.78 is 11.8. The van der Waals surface area contributed by atoms with Crippen molar-refractivity contribution >= 4 is 5.97 Å². The number of rotatable bonds is 8. The second-order valence-electron chi connectivity index (χ2n) is 7.69. The van der Waals surface area contributed by atoms with Crippen molar-refractivity contribution in [3.05, 3.63) is 90.5 Å². The van der Waals surface area contributed by atoms with Gasteiger partial charge in [0.2, 0.25) is 0 Å². The molecule has 0 aliphatic heterocycles. The number of para-hydroxylation sites is 1. The summed E-state index contributed by atoms with van der Waals surface area (Å²) in [5, 5.41) is 0. The Labute approximate surface area is 173 Å². The molecule has 3 heteroatoms. The highest BCUT2D eigenvalue weighted by molar-refractivity contribution is 5.76. The highest BCUT2D eigenvalue weighted by Crippen LogP contribution is 2.38. The third-order valence-corrected chi connectivity index (χ3v) is 4.94. The van der Waals surface area contributed by atoms with Crippen molar-refractivity contribution in [2.24, 2.45) is 5.41 Å². The molecule has 0 aliphatic rings. The summed E-state index contributed by atoms with van der Waals surface area (Å²) in [5.41, 5.74) is 2.49. The van der Waals surface area contributed by atoms with Gasteiger partial charge in [-0.2, -0.15) is 0 Å². The van der Waals surface area contributed by atoms with Gasteiger partial charge in [-0.25, -0.2) is 0 Å². The van der Waals surface area contributed by atoms with Crippen molar-refractivity contribution in [2.75, 3.05) is 6.61 Å². The normalized spacial score (nSPS) is 12.2. The van der Waals surface area contributed by atoms with Crippen LogP contribution >= 0.6 is 0 Å². The number of hydrogen-bond acceptors (Lipinski definition) is 3. The van der Waals surface area contributed by atoms with E-state index in [1.165, 1.54) is 0 Å². The predicted molar refractivity (Wildman–Crippen MR) is 117 cm³/mol. The summed E-state index contributed by atoms with van der Waals surface area (Å²) in [7, 11) is 0. The van der Waals surface area contributed by atoms with E-state index in [1.54, 1.807) is 0 Å². The highest BCUT2D eigenvalue weighted by atomic mass is 16.5. The standard InChI is InChI=1S/C26H28O3/c1-4-28-25(27)26(2,3)19-24(21-15-9-6-10-16-21)29-23-18-12-11-17-22(23)20-13-7-5-8-14-20/h5-18,24H,4,19H2,1-3H3. The molecule has 0 heterocycles. The minimum atomic E-state index is -0.668. The predicted octanol–water partition coefficient (Wildman–Crippen LogP) is 6.45. The fraction of sp³-hybridized carbons (Fsp3) is 0.269. The Morgan fingerprint density at radius 1 is 0.862 bits per heavy atom. The van der Waals surface area contributed by atoms with Crippen molar-refractivity contribution in [3.8, 4) is 16.9 Å². The lowest BCUT2D eigenvalue weighted by Gasteiger charge is -2.29. The minimum Gasteiger partial charge on any atom is -0.485 e. The van der Waals surface area contributed by atoms with Gasteiger partial charge >= 0.3 is 5.97 Å². The van der Waals surface area contributed by atoms with E-state index >= 15 is 0 Å². The molecule has 3 aromatic rings. The monoisotopic (exact) mass is 388 g/mol. The molecule has 0 aliphatic carbocycles. The molecule has 0 saturated carbocycles. The van der Waals surface area contributed by atoms with Gasteiger partial charge < -0.3 is 9.47 Å². The average Bonchev–Trinajstić information content (AvgIpc) is 2.75. The van der Waals surface area contributed by atoms with Crippen molar-refractivity contribution in [1.82, 2.24) is 0 Å². The molecule has 0 saturated heterocycles. The van der Waals surface area contributed by atoms with Gasteiger partial charge in [0.15, 0.2) is 0 Å². The summed E-state index contributed by atoms with van der Waals surface area (Å²) >= 11 is 0. The highest BCUT2D eigenvalue weighted by Gasteiger charge is 2.34. The molecule has 1 unspecified atom stereocenters. The molecule has 0 radical (unpaired) electrons. The van der Waals surface area contributed by atoms with E-state index in [4.69, 9.17) is 9.47 Å². The Morgan fingerprint density at radius 2 is 1.45 bits per heavy atom. The third kappa shape index (κ3) is 5.26. The van der Waals surface area contributed by atoms with Gasteiger partial charge in [0, 0.05) is 12.0 Å². The Balaban J connectivity index is 1.94. The lowest BCUT2D eigenvalue weighted by atomic mass is 9.84. The van der Waals surface area contributed by atoms with Crippen LogP contribution in [0, 0.1) is 5.41 Å².